The molecule has 1 unspecified atom stereocenters. The van der Waals surface area contributed by atoms with E-state index in [2.05, 4.69) is 11.4 Å². The molecule has 1 heterocycles. The Kier molecular flexibility index (Phi) is 6.93. The summed E-state index contributed by atoms with van der Waals surface area (Å²) in [5.41, 5.74) is 1.35. The highest BCUT2D eigenvalue weighted by atomic mass is 35.5. The first kappa shape index (κ1) is 22.3. The fourth-order valence-corrected chi connectivity index (χ4v) is 3.72. The van der Waals surface area contributed by atoms with Gasteiger partial charge in [-0.25, -0.2) is 9.78 Å². The van der Waals surface area contributed by atoms with Gasteiger partial charge in [-0.3, -0.25) is 9.36 Å². The van der Waals surface area contributed by atoms with Crippen LogP contribution in [0.15, 0.2) is 47.3 Å². The van der Waals surface area contributed by atoms with E-state index in [1.165, 1.54) is 0 Å². The lowest BCUT2D eigenvalue weighted by molar-refractivity contribution is 0.188. The van der Waals surface area contributed by atoms with Crippen LogP contribution in [-0.2, 0) is 6.54 Å². The number of nitriles is 1. The van der Waals surface area contributed by atoms with Crippen molar-refractivity contribution in [1.82, 2.24) is 14.5 Å². The molecular formula is C23H24ClN5O2. The maximum absolute atomic E-state index is 13.1. The zero-order valence-electron chi connectivity index (χ0n) is 17.7. The second-order valence-electron chi connectivity index (χ2n) is 7.17. The highest BCUT2D eigenvalue weighted by Gasteiger charge is 2.25. The molecule has 0 spiro atoms. The van der Waals surface area contributed by atoms with Crippen LogP contribution in [0.5, 0.6) is 0 Å². The third-order valence-corrected chi connectivity index (χ3v) is 5.31. The fraction of sp³-hybridized carbons (Fsp3) is 0.304. The molecule has 0 aliphatic carbocycles. The number of amides is 2. The van der Waals surface area contributed by atoms with Gasteiger partial charge < -0.3 is 10.2 Å². The molecule has 3 rings (SSSR count). The normalized spacial score (nSPS) is 11.7. The molecule has 8 heteroatoms. The minimum absolute atomic E-state index is 0.185. The van der Waals surface area contributed by atoms with E-state index >= 15 is 0 Å². The molecule has 0 fully saturated rings. The Morgan fingerprint density at radius 3 is 2.74 bits per heavy atom. The molecule has 0 aliphatic heterocycles. The lowest BCUT2D eigenvalue weighted by Gasteiger charge is -2.30. The fourth-order valence-electron chi connectivity index (χ4n) is 3.55. The maximum atomic E-state index is 13.1. The molecule has 3 aromatic rings. The molecule has 2 aromatic carbocycles. The van der Waals surface area contributed by atoms with Gasteiger partial charge in [-0.2, -0.15) is 5.26 Å². The number of nitrogens with one attached hydrogen (secondary N) is 1. The topological polar surface area (TPSA) is 91.0 Å². The molecule has 1 atom stereocenters. The zero-order valence-corrected chi connectivity index (χ0v) is 18.5. The molecule has 0 aliphatic rings. The first-order valence-electron chi connectivity index (χ1n) is 10.2. The lowest BCUT2D eigenvalue weighted by Crippen LogP contribution is -2.40. The van der Waals surface area contributed by atoms with Gasteiger partial charge in [-0.1, -0.05) is 24.6 Å². The number of hydrogen-bond acceptors (Lipinski definition) is 4. The van der Waals surface area contributed by atoms with Crippen LogP contribution in [0.4, 0.5) is 10.5 Å². The largest absolute Gasteiger partial charge is 0.322 e. The molecular weight excluding hydrogens is 414 g/mol. The number of carbonyl (C=O) groups excluding carboxylic acids is 1. The second-order valence-corrected chi connectivity index (χ2v) is 7.61. The number of nitrogens with zero attached hydrogens (tertiary/aromatic N) is 4. The molecule has 2 amide bonds. The Bertz CT molecular complexity index is 1210. The Morgan fingerprint density at radius 1 is 1.29 bits per heavy atom. The van der Waals surface area contributed by atoms with Crippen molar-refractivity contribution in [1.29, 1.82) is 5.26 Å². The predicted molar refractivity (Wildman–Crippen MR) is 122 cm³/mol. The SMILES string of the molecule is CCCN(C(=O)Nc1cccc(C#N)c1)C(C)c1nc2ccc(Cl)cc2c(=O)n1CC. The van der Waals surface area contributed by atoms with Gasteiger partial charge >= 0.3 is 6.03 Å². The van der Waals surface area contributed by atoms with Crippen molar-refractivity contribution in [2.75, 3.05) is 11.9 Å². The molecule has 0 saturated heterocycles. The van der Waals surface area contributed by atoms with Crippen molar-refractivity contribution in [2.45, 2.75) is 39.8 Å². The minimum Gasteiger partial charge on any atom is -0.315 e. The van der Waals surface area contributed by atoms with Gasteiger partial charge in [0.25, 0.3) is 5.56 Å². The van der Waals surface area contributed by atoms with Gasteiger partial charge in [0.1, 0.15) is 5.82 Å². The van der Waals surface area contributed by atoms with Crippen molar-refractivity contribution in [3.63, 3.8) is 0 Å². The van der Waals surface area contributed by atoms with Crippen molar-refractivity contribution in [3.8, 4) is 6.07 Å². The van der Waals surface area contributed by atoms with Gasteiger partial charge in [0, 0.05) is 23.8 Å². The minimum atomic E-state index is -0.452. The summed E-state index contributed by atoms with van der Waals surface area (Å²) in [7, 11) is 0. The monoisotopic (exact) mass is 437 g/mol. The predicted octanol–water partition coefficient (Wildman–Crippen LogP) is 4.95. The van der Waals surface area contributed by atoms with Crippen LogP contribution in [0.2, 0.25) is 5.02 Å². The van der Waals surface area contributed by atoms with E-state index in [0.717, 1.165) is 6.42 Å². The summed E-state index contributed by atoms with van der Waals surface area (Å²) < 4.78 is 1.58. The van der Waals surface area contributed by atoms with E-state index in [1.54, 1.807) is 51.9 Å². The summed E-state index contributed by atoms with van der Waals surface area (Å²) in [6.45, 7) is 6.60. The summed E-state index contributed by atoms with van der Waals surface area (Å²) in [5.74, 6) is 0.511. The number of carbonyl (C=O) groups is 1. The van der Waals surface area contributed by atoms with E-state index in [9.17, 15) is 9.59 Å². The first-order valence-corrected chi connectivity index (χ1v) is 10.5. The standard InChI is InChI=1S/C23H24ClN5O2/c1-4-11-29(23(31)26-18-8-6-7-16(12-18)14-25)15(3)21-27-20-10-9-17(24)13-19(20)22(30)28(21)5-2/h6-10,12-13,15H,4-5,11H2,1-3H3,(H,26,31). The highest BCUT2D eigenvalue weighted by Crippen LogP contribution is 2.23. The summed E-state index contributed by atoms with van der Waals surface area (Å²) in [6, 6.07) is 13.1. The number of urea groups is 1. The molecule has 1 N–H and O–H groups in total. The second kappa shape index (κ2) is 9.63. The highest BCUT2D eigenvalue weighted by molar-refractivity contribution is 6.31. The number of halogens is 1. The van der Waals surface area contributed by atoms with E-state index in [0.29, 0.717) is 46.1 Å². The summed E-state index contributed by atoms with van der Waals surface area (Å²) >= 11 is 6.06. The van der Waals surface area contributed by atoms with Crippen LogP contribution < -0.4 is 10.9 Å². The average Bonchev–Trinajstić information content (AvgIpc) is 2.77. The molecule has 160 valence electrons. The Balaban J connectivity index is 2.00. The van der Waals surface area contributed by atoms with Crippen LogP contribution >= 0.6 is 11.6 Å². The van der Waals surface area contributed by atoms with Crippen LogP contribution in [0.3, 0.4) is 0 Å². The van der Waals surface area contributed by atoms with Crippen LogP contribution in [0.1, 0.15) is 44.6 Å². The summed E-state index contributed by atoms with van der Waals surface area (Å²) in [4.78, 5) is 32.5. The molecule has 0 radical (unpaired) electrons. The number of anilines is 1. The molecule has 1 aromatic heterocycles. The molecule has 0 bridgehead atoms. The Morgan fingerprint density at radius 2 is 2.06 bits per heavy atom. The van der Waals surface area contributed by atoms with E-state index in [4.69, 9.17) is 21.8 Å². The van der Waals surface area contributed by atoms with E-state index in [-0.39, 0.29) is 11.6 Å². The maximum Gasteiger partial charge on any atom is 0.322 e. The van der Waals surface area contributed by atoms with Gasteiger partial charge in [0.05, 0.1) is 28.6 Å². The molecule has 31 heavy (non-hydrogen) atoms. The number of aromatic nitrogens is 2. The van der Waals surface area contributed by atoms with Crippen LogP contribution in [0, 0.1) is 11.3 Å². The quantitative estimate of drug-likeness (QED) is 0.590. The zero-order chi connectivity index (χ0) is 22.5. The van der Waals surface area contributed by atoms with Gasteiger partial charge in [0.2, 0.25) is 0 Å². The molecule has 7 nitrogen and oxygen atoms in total. The van der Waals surface area contributed by atoms with Crippen LogP contribution in [0.25, 0.3) is 10.9 Å². The number of hydrogen-bond donors (Lipinski definition) is 1. The van der Waals surface area contributed by atoms with E-state index in [1.807, 2.05) is 20.8 Å². The Hall–Kier alpha value is -3.37. The summed E-state index contributed by atoms with van der Waals surface area (Å²) in [6.07, 6.45) is 0.732. The van der Waals surface area contributed by atoms with Crippen molar-refractivity contribution in [3.05, 3.63) is 69.2 Å². The summed E-state index contributed by atoms with van der Waals surface area (Å²) in [5, 5.41) is 12.9. The number of fused-ring (bicyclic) bond motifs is 1. The average molecular weight is 438 g/mol. The first-order chi connectivity index (χ1) is 14.9. The van der Waals surface area contributed by atoms with E-state index < -0.39 is 6.04 Å². The van der Waals surface area contributed by atoms with Crippen molar-refractivity contribution in [2.24, 2.45) is 0 Å². The van der Waals surface area contributed by atoms with Gasteiger partial charge in [-0.15, -0.1) is 0 Å². The van der Waals surface area contributed by atoms with Crippen molar-refractivity contribution < 1.29 is 4.79 Å². The van der Waals surface area contributed by atoms with Crippen molar-refractivity contribution >= 4 is 34.2 Å². The lowest BCUT2D eigenvalue weighted by atomic mass is 10.2. The van der Waals surface area contributed by atoms with Gasteiger partial charge in [0.15, 0.2) is 0 Å². The van der Waals surface area contributed by atoms with Gasteiger partial charge in [-0.05, 0) is 56.7 Å². The van der Waals surface area contributed by atoms with Crippen LogP contribution in [-0.4, -0.2) is 27.0 Å². The number of rotatable bonds is 6. The third kappa shape index (κ3) is 4.70. The number of benzene rings is 2. The molecule has 0 saturated carbocycles. The third-order valence-electron chi connectivity index (χ3n) is 5.07. The Labute approximate surface area is 185 Å². The smallest absolute Gasteiger partial charge is 0.315 e.